The second-order valence-corrected chi connectivity index (χ2v) is 12.3. The molecule has 2 aromatic rings. The monoisotopic (exact) mass is 613 g/mol. The molecule has 2 N–H and O–H groups in total. The number of carbonyl (C=O) groups is 4. The zero-order valence-electron chi connectivity index (χ0n) is 25.5. The van der Waals surface area contributed by atoms with E-state index < -0.39 is 66.1 Å². The number of fused-ring (bicyclic) bond motifs is 2. The van der Waals surface area contributed by atoms with Crippen molar-refractivity contribution in [2.75, 3.05) is 19.8 Å². The second kappa shape index (κ2) is 12.6. The van der Waals surface area contributed by atoms with E-state index in [4.69, 9.17) is 9.47 Å². The number of rotatable bonds is 5. The molecule has 4 heterocycles. The van der Waals surface area contributed by atoms with Crippen molar-refractivity contribution < 1.29 is 33.8 Å². The smallest absolute Gasteiger partial charge is 0.306 e. The van der Waals surface area contributed by atoms with Crippen LogP contribution in [0.3, 0.4) is 0 Å². The molecule has 0 unspecified atom stereocenters. The van der Waals surface area contributed by atoms with Crippen molar-refractivity contribution in [1.29, 1.82) is 0 Å². The van der Waals surface area contributed by atoms with Crippen LogP contribution in [-0.2, 0) is 28.7 Å². The number of cyclic esters (lactones) is 1. The molecule has 6 rings (SSSR count). The number of ether oxygens (including phenoxy) is 2. The highest BCUT2D eigenvalue weighted by Crippen LogP contribution is 2.57. The summed E-state index contributed by atoms with van der Waals surface area (Å²) in [6.07, 6.45) is 7.04. The molecule has 4 aliphatic heterocycles. The first kappa shape index (κ1) is 30.7. The Balaban J connectivity index is 1.45. The number of hydrogen-bond donors (Lipinski definition) is 2. The molecule has 1 spiro atoms. The Labute approximate surface area is 262 Å². The Bertz CT molecular complexity index is 1490. The maximum atomic E-state index is 14.7. The summed E-state index contributed by atoms with van der Waals surface area (Å²) < 4.78 is 12.1. The number of nitrogens with one attached hydrogen (secondary N) is 1. The summed E-state index contributed by atoms with van der Waals surface area (Å²) in [4.78, 5) is 59.2. The lowest BCUT2D eigenvalue weighted by atomic mass is 9.74. The molecule has 236 valence electrons. The predicted molar refractivity (Wildman–Crippen MR) is 164 cm³/mol. The molecule has 0 radical (unpaired) electrons. The van der Waals surface area contributed by atoms with E-state index in [1.807, 2.05) is 86.7 Å². The molecule has 2 aromatic carbocycles. The number of benzene rings is 2. The van der Waals surface area contributed by atoms with E-state index in [1.165, 1.54) is 4.90 Å². The van der Waals surface area contributed by atoms with Crippen LogP contribution in [-0.4, -0.2) is 82.1 Å². The minimum Gasteiger partial charge on any atom is -0.463 e. The SMILES string of the molecule is CC(C)N1C/C=C\CCC(=O)OC[C@H](c2ccccc2)NC(=O)[C@@H]2[C@H]3C(=O)N([C@H](CO)c4ccccc4)[C@H](C1=O)[C@]31C=C[C@H]2O1. The molecule has 7 atom stereocenters. The lowest BCUT2D eigenvalue weighted by molar-refractivity contribution is -0.151. The van der Waals surface area contributed by atoms with Crippen LogP contribution in [0.5, 0.6) is 0 Å². The van der Waals surface area contributed by atoms with Crippen molar-refractivity contribution in [1.82, 2.24) is 15.1 Å². The predicted octanol–water partition coefficient (Wildman–Crippen LogP) is 2.86. The number of allylic oxidation sites excluding steroid dienone is 1. The van der Waals surface area contributed by atoms with Crippen LogP contribution < -0.4 is 5.32 Å². The average molecular weight is 614 g/mol. The highest BCUT2D eigenvalue weighted by molar-refractivity contribution is 6.00. The fourth-order valence-corrected chi connectivity index (χ4v) is 7.19. The number of nitrogens with zero attached hydrogens (tertiary/aromatic N) is 2. The van der Waals surface area contributed by atoms with Gasteiger partial charge in [0.25, 0.3) is 0 Å². The Hall–Kier alpha value is -4.28. The van der Waals surface area contributed by atoms with Gasteiger partial charge in [-0.15, -0.1) is 0 Å². The van der Waals surface area contributed by atoms with E-state index in [2.05, 4.69) is 5.32 Å². The van der Waals surface area contributed by atoms with Crippen LogP contribution in [0.4, 0.5) is 0 Å². The first-order valence-electron chi connectivity index (χ1n) is 15.6. The lowest BCUT2D eigenvalue weighted by Crippen LogP contribution is -2.58. The highest BCUT2D eigenvalue weighted by Gasteiger charge is 2.74. The van der Waals surface area contributed by atoms with Gasteiger partial charge in [0.2, 0.25) is 17.7 Å². The zero-order chi connectivity index (χ0) is 31.7. The Morgan fingerprint density at radius 1 is 0.978 bits per heavy atom. The zero-order valence-corrected chi connectivity index (χ0v) is 25.5. The van der Waals surface area contributed by atoms with Gasteiger partial charge in [0.05, 0.1) is 36.6 Å². The van der Waals surface area contributed by atoms with Gasteiger partial charge in [0.15, 0.2) is 0 Å². The van der Waals surface area contributed by atoms with Gasteiger partial charge in [-0.05, 0) is 31.4 Å². The summed E-state index contributed by atoms with van der Waals surface area (Å²) in [6, 6.07) is 15.5. The molecule has 0 aromatic heterocycles. The van der Waals surface area contributed by atoms with Crippen molar-refractivity contribution in [3.05, 3.63) is 96.1 Å². The van der Waals surface area contributed by atoms with Crippen molar-refractivity contribution in [3.8, 4) is 0 Å². The van der Waals surface area contributed by atoms with Gasteiger partial charge in [-0.1, -0.05) is 85.0 Å². The molecule has 2 fully saturated rings. The third-order valence-electron chi connectivity index (χ3n) is 9.36. The Kier molecular flexibility index (Phi) is 8.61. The van der Waals surface area contributed by atoms with Crippen LogP contribution in [0.25, 0.3) is 0 Å². The van der Waals surface area contributed by atoms with Gasteiger partial charge in [-0.25, -0.2) is 0 Å². The lowest BCUT2D eigenvalue weighted by Gasteiger charge is -2.40. The van der Waals surface area contributed by atoms with Crippen LogP contribution >= 0.6 is 0 Å². The van der Waals surface area contributed by atoms with Crippen LogP contribution in [0.1, 0.15) is 49.9 Å². The largest absolute Gasteiger partial charge is 0.463 e. The number of esters is 1. The number of likely N-dealkylation sites (tertiary alicyclic amines) is 1. The van der Waals surface area contributed by atoms with Crippen molar-refractivity contribution in [2.24, 2.45) is 11.8 Å². The van der Waals surface area contributed by atoms with Crippen molar-refractivity contribution in [3.63, 3.8) is 0 Å². The molecule has 10 heteroatoms. The molecule has 4 aliphatic rings. The Morgan fingerprint density at radius 3 is 2.38 bits per heavy atom. The number of hydrogen-bond acceptors (Lipinski definition) is 7. The van der Waals surface area contributed by atoms with Gasteiger partial charge >= 0.3 is 5.97 Å². The van der Waals surface area contributed by atoms with Crippen molar-refractivity contribution >= 4 is 23.7 Å². The van der Waals surface area contributed by atoms with Crippen molar-refractivity contribution in [2.45, 2.75) is 62.6 Å². The normalized spacial score (nSPS) is 31.6. The van der Waals surface area contributed by atoms with Gasteiger partial charge in [0, 0.05) is 19.0 Å². The first-order valence-corrected chi connectivity index (χ1v) is 15.6. The molecule has 10 nitrogen and oxygen atoms in total. The van der Waals surface area contributed by atoms with Crippen LogP contribution in [0.15, 0.2) is 85.0 Å². The van der Waals surface area contributed by atoms with E-state index in [9.17, 15) is 24.3 Å². The maximum absolute atomic E-state index is 14.7. The van der Waals surface area contributed by atoms with E-state index in [-0.39, 0.29) is 31.5 Å². The number of aliphatic hydroxyl groups is 1. The minimum atomic E-state index is -1.40. The molecule has 0 aliphatic carbocycles. The van der Waals surface area contributed by atoms with E-state index in [0.717, 1.165) is 5.56 Å². The summed E-state index contributed by atoms with van der Waals surface area (Å²) in [7, 11) is 0. The fourth-order valence-electron chi connectivity index (χ4n) is 7.19. The summed E-state index contributed by atoms with van der Waals surface area (Å²) in [5, 5.41) is 13.7. The van der Waals surface area contributed by atoms with Crippen LogP contribution in [0, 0.1) is 11.8 Å². The Morgan fingerprint density at radius 2 is 1.69 bits per heavy atom. The molecule has 2 saturated heterocycles. The third kappa shape index (κ3) is 5.46. The number of aliphatic hydroxyl groups excluding tert-OH is 1. The van der Waals surface area contributed by atoms with E-state index >= 15 is 0 Å². The molecular weight excluding hydrogens is 574 g/mol. The fraction of sp³-hybridized carbons (Fsp3) is 0.429. The minimum absolute atomic E-state index is 0.0783. The average Bonchev–Trinajstić information content (AvgIpc) is 3.69. The number of carbonyl (C=O) groups excluding carboxylic acids is 4. The summed E-state index contributed by atoms with van der Waals surface area (Å²) in [5.41, 5.74) is 0.0177. The van der Waals surface area contributed by atoms with Crippen LogP contribution in [0.2, 0.25) is 0 Å². The maximum Gasteiger partial charge on any atom is 0.306 e. The van der Waals surface area contributed by atoms with Gasteiger partial charge in [0.1, 0.15) is 18.2 Å². The molecule has 0 saturated carbocycles. The number of amides is 3. The third-order valence-corrected chi connectivity index (χ3v) is 9.36. The standard InChI is InChI=1S/C35H39N3O7/c1-22(2)37-19-11-5-10-16-28(40)44-21-25(23-12-6-3-7-13-23)36-32(41)29-27-17-18-35(45-27)30(29)33(42)38(31(35)34(37)43)26(20-39)24-14-8-4-9-15-24/h3-9,11-15,17-18,22,25-27,29-31,39H,10,16,19-21H2,1-2H3,(H,36,41)/b11-5-/t25-,26-,27-,29+,30+,31-,35+/m1/s1. The topological polar surface area (TPSA) is 125 Å². The summed E-state index contributed by atoms with van der Waals surface area (Å²) in [5.74, 6) is -3.54. The summed E-state index contributed by atoms with van der Waals surface area (Å²) in [6.45, 7) is 3.53. The molecule has 45 heavy (non-hydrogen) atoms. The van der Waals surface area contributed by atoms with E-state index in [1.54, 1.807) is 17.1 Å². The molecule has 5 bridgehead atoms. The highest BCUT2D eigenvalue weighted by atomic mass is 16.5. The van der Waals surface area contributed by atoms with Gasteiger partial charge < -0.3 is 29.7 Å². The van der Waals surface area contributed by atoms with Gasteiger partial charge in [-0.3, -0.25) is 19.2 Å². The molecule has 3 amide bonds. The second-order valence-electron chi connectivity index (χ2n) is 12.3. The first-order chi connectivity index (χ1) is 21.8. The van der Waals surface area contributed by atoms with Gasteiger partial charge in [-0.2, -0.15) is 0 Å². The van der Waals surface area contributed by atoms with E-state index in [0.29, 0.717) is 12.0 Å². The molecular formula is C35H39N3O7. The quantitative estimate of drug-likeness (QED) is 0.393. The summed E-state index contributed by atoms with van der Waals surface area (Å²) >= 11 is 0.